The van der Waals surface area contributed by atoms with Crippen LogP contribution in [-0.4, -0.2) is 22.9 Å². The van der Waals surface area contributed by atoms with Gasteiger partial charge >= 0.3 is 0 Å². The third-order valence-corrected chi connectivity index (χ3v) is 3.37. The van der Waals surface area contributed by atoms with E-state index in [0.29, 0.717) is 0 Å². The van der Waals surface area contributed by atoms with Crippen molar-refractivity contribution in [3.8, 4) is 5.75 Å². The molecule has 0 radical (unpaired) electrons. The van der Waals surface area contributed by atoms with Crippen LogP contribution >= 0.6 is 0 Å². The number of hydrogen-bond acceptors (Lipinski definition) is 3. The van der Waals surface area contributed by atoms with Gasteiger partial charge in [-0.2, -0.15) is 0 Å². The first-order valence-electron chi connectivity index (χ1n) is 6.18. The molecule has 1 aromatic heterocycles. The van der Waals surface area contributed by atoms with Gasteiger partial charge in [0.15, 0.2) is 5.78 Å². The van der Waals surface area contributed by atoms with Crippen LogP contribution in [-0.2, 0) is 6.42 Å². The summed E-state index contributed by atoms with van der Waals surface area (Å²) in [6.45, 7) is 0. The standard InChI is InChI=1S/C15H14N2O2/c1-19-13-5-4-10-2-3-11(15(18)14(10)7-13)6-12-8-16-9-17-12/h4-9H,2-3H2,1H3,(H,16,17)/b11-6-. The molecule has 1 aromatic carbocycles. The Bertz CT molecular complexity index is 642. The Kier molecular flexibility index (Phi) is 2.91. The summed E-state index contributed by atoms with van der Waals surface area (Å²) in [5, 5.41) is 0. The zero-order valence-electron chi connectivity index (χ0n) is 10.6. The molecule has 0 bridgehead atoms. The number of carbonyl (C=O) groups excluding carboxylic acids is 1. The molecule has 4 heteroatoms. The van der Waals surface area contributed by atoms with Crippen LogP contribution in [0.5, 0.6) is 5.75 Å². The molecule has 1 aliphatic carbocycles. The molecule has 3 rings (SSSR count). The Morgan fingerprint density at radius 2 is 2.26 bits per heavy atom. The highest BCUT2D eigenvalue weighted by atomic mass is 16.5. The summed E-state index contributed by atoms with van der Waals surface area (Å²) in [6, 6.07) is 5.69. The second kappa shape index (κ2) is 4.72. The molecule has 0 fully saturated rings. The fourth-order valence-corrected chi connectivity index (χ4v) is 2.34. The van der Waals surface area contributed by atoms with Crippen LogP contribution in [0.4, 0.5) is 0 Å². The van der Waals surface area contributed by atoms with Crippen LogP contribution in [0.25, 0.3) is 6.08 Å². The number of ketones is 1. The summed E-state index contributed by atoms with van der Waals surface area (Å²) >= 11 is 0. The third kappa shape index (κ3) is 2.17. The number of benzene rings is 1. The van der Waals surface area contributed by atoms with Crippen LogP contribution in [0.3, 0.4) is 0 Å². The highest BCUT2D eigenvalue weighted by Gasteiger charge is 2.22. The predicted molar refractivity (Wildman–Crippen MR) is 72.2 cm³/mol. The zero-order chi connectivity index (χ0) is 13.2. The van der Waals surface area contributed by atoms with E-state index in [1.807, 2.05) is 24.3 Å². The normalized spacial score (nSPS) is 16.5. The molecule has 0 amide bonds. The van der Waals surface area contributed by atoms with E-state index in [0.717, 1.165) is 41.0 Å². The number of rotatable bonds is 2. The lowest BCUT2D eigenvalue weighted by molar-refractivity contribution is 0.102. The lowest BCUT2D eigenvalue weighted by atomic mass is 9.86. The van der Waals surface area contributed by atoms with Gasteiger partial charge in [0.1, 0.15) is 5.75 Å². The van der Waals surface area contributed by atoms with Gasteiger partial charge in [-0.1, -0.05) is 6.07 Å². The molecule has 0 aliphatic heterocycles. The van der Waals surface area contributed by atoms with Crippen molar-refractivity contribution >= 4 is 11.9 Å². The number of nitrogens with zero attached hydrogens (tertiary/aromatic N) is 1. The lowest BCUT2D eigenvalue weighted by Gasteiger charge is -2.18. The Morgan fingerprint density at radius 3 is 3.00 bits per heavy atom. The molecule has 0 unspecified atom stereocenters. The Balaban J connectivity index is 1.99. The molecule has 96 valence electrons. The number of ether oxygens (including phenoxy) is 1. The van der Waals surface area contributed by atoms with Gasteiger partial charge in [0.05, 0.1) is 25.3 Å². The average Bonchev–Trinajstić information content (AvgIpc) is 2.95. The van der Waals surface area contributed by atoms with E-state index in [1.54, 1.807) is 19.6 Å². The largest absolute Gasteiger partial charge is 0.497 e. The maximum Gasteiger partial charge on any atom is 0.189 e. The van der Waals surface area contributed by atoms with E-state index < -0.39 is 0 Å². The number of fused-ring (bicyclic) bond motifs is 1. The first kappa shape index (κ1) is 11.7. The quantitative estimate of drug-likeness (QED) is 0.838. The van der Waals surface area contributed by atoms with Gasteiger partial charge in [-0.3, -0.25) is 4.79 Å². The summed E-state index contributed by atoms with van der Waals surface area (Å²) < 4.78 is 5.18. The van der Waals surface area contributed by atoms with Gasteiger partial charge in [0.2, 0.25) is 0 Å². The number of imidazole rings is 1. The van der Waals surface area contributed by atoms with E-state index in [4.69, 9.17) is 4.74 Å². The minimum absolute atomic E-state index is 0.0785. The van der Waals surface area contributed by atoms with Crippen molar-refractivity contribution in [2.75, 3.05) is 7.11 Å². The monoisotopic (exact) mass is 254 g/mol. The van der Waals surface area contributed by atoms with Gasteiger partial charge in [-0.15, -0.1) is 0 Å². The van der Waals surface area contributed by atoms with Crippen molar-refractivity contribution in [1.29, 1.82) is 0 Å². The Morgan fingerprint density at radius 1 is 1.37 bits per heavy atom. The molecule has 4 nitrogen and oxygen atoms in total. The highest BCUT2D eigenvalue weighted by molar-refractivity contribution is 6.13. The van der Waals surface area contributed by atoms with Crippen LogP contribution in [0.2, 0.25) is 0 Å². The smallest absolute Gasteiger partial charge is 0.189 e. The summed E-state index contributed by atoms with van der Waals surface area (Å²) in [6.07, 6.45) is 6.83. The summed E-state index contributed by atoms with van der Waals surface area (Å²) in [5.74, 6) is 0.796. The number of methoxy groups -OCH3 is 1. The number of nitrogens with one attached hydrogen (secondary N) is 1. The second-order valence-corrected chi connectivity index (χ2v) is 4.53. The maximum atomic E-state index is 12.5. The van der Waals surface area contributed by atoms with Crippen molar-refractivity contribution < 1.29 is 9.53 Å². The van der Waals surface area contributed by atoms with Gasteiger partial charge < -0.3 is 9.72 Å². The molecule has 19 heavy (non-hydrogen) atoms. The number of aromatic amines is 1. The van der Waals surface area contributed by atoms with Crippen molar-refractivity contribution in [2.45, 2.75) is 12.8 Å². The van der Waals surface area contributed by atoms with Crippen molar-refractivity contribution in [2.24, 2.45) is 0 Å². The minimum Gasteiger partial charge on any atom is -0.497 e. The second-order valence-electron chi connectivity index (χ2n) is 4.53. The van der Waals surface area contributed by atoms with E-state index in [1.165, 1.54) is 0 Å². The van der Waals surface area contributed by atoms with E-state index >= 15 is 0 Å². The highest BCUT2D eigenvalue weighted by Crippen LogP contribution is 2.29. The molecule has 0 saturated heterocycles. The average molecular weight is 254 g/mol. The fraction of sp³-hybridized carbons (Fsp3) is 0.200. The minimum atomic E-state index is 0.0785. The number of Topliss-reactive ketones (excluding diaryl/α,β-unsaturated/α-hetero) is 1. The summed E-state index contributed by atoms with van der Waals surface area (Å²) in [5.41, 5.74) is 3.50. The first-order valence-corrected chi connectivity index (χ1v) is 6.18. The molecule has 0 saturated carbocycles. The van der Waals surface area contributed by atoms with Crippen LogP contribution < -0.4 is 4.74 Å². The Labute approximate surface area is 111 Å². The zero-order valence-corrected chi connectivity index (χ0v) is 10.6. The molecule has 1 aliphatic rings. The number of aryl methyl sites for hydroxylation is 1. The molecular weight excluding hydrogens is 240 g/mol. The van der Waals surface area contributed by atoms with Gasteiger partial charge in [0.25, 0.3) is 0 Å². The van der Waals surface area contributed by atoms with Crippen molar-refractivity contribution in [3.63, 3.8) is 0 Å². The third-order valence-electron chi connectivity index (χ3n) is 3.37. The summed E-state index contributed by atoms with van der Waals surface area (Å²) in [7, 11) is 1.61. The molecule has 1 heterocycles. The summed E-state index contributed by atoms with van der Waals surface area (Å²) in [4.78, 5) is 19.4. The van der Waals surface area contributed by atoms with Gasteiger partial charge in [0, 0.05) is 11.1 Å². The maximum absolute atomic E-state index is 12.5. The van der Waals surface area contributed by atoms with Crippen molar-refractivity contribution in [3.05, 3.63) is 53.1 Å². The van der Waals surface area contributed by atoms with Crippen LogP contribution in [0.1, 0.15) is 28.0 Å². The van der Waals surface area contributed by atoms with E-state index in [9.17, 15) is 4.79 Å². The molecule has 2 aromatic rings. The first-order chi connectivity index (χ1) is 9.28. The number of hydrogen-bond donors (Lipinski definition) is 1. The molecule has 0 spiro atoms. The number of carbonyl (C=O) groups is 1. The van der Waals surface area contributed by atoms with Gasteiger partial charge in [-0.25, -0.2) is 4.98 Å². The molecule has 0 atom stereocenters. The fourth-order valence-electron chi connectivity index (χ4n) is 2.34. The van der Waals surface area contributed by atoms with Gasteiger partial charge in [-0.05, 0) is 36.6 Å². The van der Waals surface area contributed by atoms with Crippen LogP contribution in [0, 0.1) is 0 Å². The Hall–Kier alpha value is -2.36. The van der Waals surface area contributed by atoms with Crippen LogP contribution in [0.15, 0.2) is 36.3 Å². The number of allylic oxidation sites excluding steroid dienone is 1. The predicted octanol–water partition coefficient (Wildman–Crippen LogP) is 2.63. The SMILES string of the molecule is COc1ccc2c(c1)C(=O)/C(=C\c1cnc[nH]1)CC2. The topological polar surface area (TPSA) is 55.0 Å². The molecular formula is C15H14N2O2. The van der Waals surface area contributed by atoms with Crippen molar-refractivity contribution in [1.82, 2.24) is 9.97 Å². The van der Waals surface area contributed by atoms with E-state index in [2.05, 4.69) is 9.97 Å². The number of aromatic nitrogens is 2. The number of H-pyrrole nitrogens is 1. The molecule has 1 N–H and O–H groups in total. The van der Waals surface area contributed by atoms with E-state index in [-0.39, 0.29) is 5.78 Å². The lowest BCUT2D eigenvalue weighted by Crippen LogP contribution is -2.14.